The second-order valence-electron chi connectivity index (χ2n) is 5.77. The molecular weight excluding hydrogens is 256 g/mol. The van der Waals surface area contributed by atoms with Crippen LogP contribution >= 0.6 is 0 Å². The number of benzene rings is 2. The predicted molar refractivity (Wildman–Crippen MR) is 86.2 cm³/mol. The number of fused-ring (bicyclic) bond motifs is 2. The molecule has 0 saturated heterocycles. The Morgan fingerprint density at radius 3 is 2.57 bits per heavy atom. The fourth-order valence-corrected chi connectivity index (χ4v) is 3.30. The maximum absolute atomic E-state index is 4.20. The van der Waals surface area contributed by atoms with Gasteiger partial charge in [-0.1, -0.05) is 42.5 Å². The van der Waals surface area contributed by atoms with Crippen LogP contribution in [-0.4, -0.2) is 11.0 Å². The van der Waals surface area contributed by atoms with Crippen LogP contribution in [0.15, 0.2) is 60.9 Å². The fraction of sp³-hybridized carbons (Fsp3) is 0.211. The molecule has 21 heavy (non-hydrogen) atoms. The molecule has 0 saturated carbocycles. The number of pyridine rings is 1. The highest BCUT2D eigenvalue weighted by molar-refractivity contribution is 5.84. The monoisotopic (exact) mass is 274 g/mol. The van der Waals surface area contributed by atoms with E-state index in [1.807, 2.05) is 12.4 Å². The maximum atomic E-state index is 4.20. The minimum Gasteiger partial charge on any atom is -0.309 e. The lowest BCUT2D eigenvalue weighted by Crippen LogP contribution is -2.29. The van der Waals surface area contributed by atoms with Crippen LogP contribution in [0, 0.1) is 0 Å². The number of hydrogen-bond acceptors (Lipinski definition) is 2. The second-order valence-corrected chi connectivity index (χ2v) is 5.77. The summed E-state index contributed by atoms with van der Waals surface area (Å²) < 4.78 is 0. The molecule has 0 atom stereocenters. The average molecular weight is 274 g/mol. The van der Waals surface area contributed by atoms with Crippen molar-refractivity contribution >= 4 is 10.8 Å². The van der Waals surface area contributed by atoms with Gasteiger partial charge in [0.25, 0.3) is 0 Å². The zero-order valence-corrected chi connectivity index (χ0v) is 11.9. The molecule has 2 nitrogen and oxygen atoms in total. The Hall–Kier alpha value is -2.19. The standard InChI is InChI=1S/C19H18N2/c1-2-5-15-11-18(10-14(15)4-1)21-13-17-7-3-6-16-12-20-9-8-19(16)17/h1-9,12,18,21H,10-11,13H2. The molecule has 0 unspecified atom stereocenters. The highest BCUT2D eigenvalue weighted by Crippen LogP contribution is 2.23. The summed E-state index contributed by atoms with van der Waals surface area (Å²) in [7, 11) is 0. The van der Waals surface area contributed by atoms with Gasteiger partial charge in [-0.2, -0.15) is 0 Å². The smallest absolute Gasteiger partial charge is 0.0346 e. The molecule has 104 valence electrons. The Morgan fingerprint density at radius 2 is 1.76 bits per heavy atom. The first kappa shape index (κ1) is 12.5. The van der Waals surface area contributed by atoms with Crippen LogP contribution in [0.3, 0.4) is 0 Å². The van der Waals surface area contributed by atoms with E-state index < -0.39 is 0 Å². The van der Waals surface area contributed by atoms with Crippen molar-refractivity contribution < 1.29 is 0 Å². The van der Waals surface area contributed by atoms with Crippen molar-refractivity contribution in [2.75, 3.05) is 0 Å². The van der Waals surface area contributed by atoms with E-state index in [1.54, 1.807) is 0 Å². The van der Waals surface area contributed by atoms with Crippen molar-refractivity contribution in [1.29, 1.82) is 0 Å². The van der Waals surface area contributed by atoms with E-state index in [2.05, 4.69) is 58.8 Å². The van der Waals surface area contributed by atoms with E-state index in [-0.39, 0.29) is 0 Å². The first-order chi connectivity index (χ1) is 10.4. The Balaban J connectivity index is 1.50. The Labute approximate surface area is 124 Å². The van der Waals surface area contributed by atoms with E-state index in [0.717, 1.165) is 19.4 Å². The first-order valence-corrected chi connectivity index (χ1v) is 7.52. The number of rotatable bonds is 3. The van der Waals surface area contributed by atoms with Crippen molar-refractivity contribution in [3.8, 4) is 0 Å². The fourth-order valence-electron chi connectivity index (χ4n) is 3.30. The summed E-state index contributed by atoms with van der Waals surface area (Å²) in [5, 5.41) is 6.23. The van der Waals surface area contributed by atoms with Gasteiger partial charge in [-0.05, 0) is 41.0 Å². The third kappa shape index (κ3) is 2.43. The van der Waals surface area contributed by atoms with Crippen molar-refractivity contribution in [2.45, 2.75) is 25.4 Å². The van der Waals surface area contributed by atoms with Crippen LogP contribution in [0.2, 0.25) is 0 Å². The summed E-state index contributed by atoms with van der Waals surface area (Å²) in [6.45, 7) is 0.917. The van der Waals surface area contributed by atoms with E-state index >= 15 is 0 Å². The molecule has 0 spiro atoms. The van der Waals surface area contributed by atoms with Crippen LogP contribution in [-0.2, 0) is 19.4 Å². The topological polar surface area (TPSA) is 24.9 Å². The SMILES string of the molecule is c1ccc2c(c1)CC(NCc1cccc3cnccc13)C2. The minimum atomic E-state index is 0.555. The third-order valence-corrected chi connectivity index (χ3v) is 4.40. The Bertz CT molecular complexity index is 749. The van der Waals surface area contributed by atoms with Crippen LogP contribution in [0.5, 0.6) is 0 Å². The molecule has 1 aliphatic rings. The molecule has 0 bridgehead atoms. The van der Waals surface area contributed by atoms with Gasteiger partial charge in [-0.25, -0.2) is 0 Å². The normalized spacial score (nSPS) is 14.5. The van der Waals surface area contributed by atoms with Crippen LogP contribution in [0.25, 0.3) is 10.8 Å². The Kier molecular flexibility index (Phi) is 3.17. The number of nitrogens with one attached hydrogen (secondary N) is 1. The number of aromatic nitrogens is 1. The van der Waals surface area contributed by atoms with Crippen LogP contribution in [0.4, 0.5) is 0 Å². The van der Waals surface area contributed by atoms with Crippen LogP contribution < -0.4 is 5.32 Å². The van der Waals surface area contributed by atoms with Gasteiger partial charge in [0, 0.05) is 30.4 Å². The van der Waals surface area contributed by atoms with Gasteiger partial charge in [0.05, 0.1) is 0 Å². The summed E-state index contributed by atoms with van der Waals surface area (Å²) in [6, 6.07) is 17.9. The number of nitrogens with zero attached hydrogens (tertiary/aromatic N) is 1. The van der Waals surface area contributed by atoms with Crippen molar-refractivity contribution in [2.24, 2.45) is 0 Å². The lowest BCUT2D eigenvalue weighted by atomic mass is 10.1. The van der Waals surface area contributed by atoms with Gasteiger partial charge in [0.2, 0.25) is 0 Å². The van der Waals surface area contributed by atoms with Gasteiger partial charge < -0.3 is 5.32 Å². The van der Waals surface area contributed by atoms with Crippen LogP contribution in [0.1, 0.15) is 16.7 Å². The second kappa shape index (κ2) is 5.30. The third-order valence-electron chi connectivity index (χ3n) is 4.40. The van der Waals surface area contributed by atoms with Gasteiger partial charge in [-0.15, -0.1) is 0 Å². The predicted octanol–water partition coefficient (Wildman–Crippen LogP) is 3.49. The highest BCUT2D eigenvalue weighted by atomic mass is 14.9. The maximum Gasteiger partial charge on any atom is 0.0346 e. The lowest BCUT2D eigenvalue weighted by Gasteiger charge is -2.13. The zero-order chi connectivity index (χ0) is 14.1. The van der Waals surface area contributed by atoms with E-state index in [9.17, 15) is 0 Å². The van der Waals surface area contributed by atoms with Gasteiger partial charge >= 0.3 is 0 Å². The summed E-state index contributed by atoms with van der Waals surface area (Å²) >= 11 is 0. The van der Waals surface area contributed by atoms with Gasteiger partial charge in [0.1, 0.15) is 0 Å². The first-order valence-electron chi connectivity index (χ1n) is 7.52. The molecule has 0 fully saturated rings. The van der Waals surface area contributed by atoms with E-state index in [4.69, 9.17) is 0 Å². The molecule has 2 aromatic carbocycles. The van der Waals surface area contributed by atoms with E-state index in [0.29, 0.717) is 6.04 Å². The average Bonchev–Trinajstić information content (AvgIpc) is 2.96. The molecular formula is C19H18N2. The summed E-state index contributed by atoms with van der Waals surface area (Å²) in [4.78, 5) is 4.20. The molecule has 0 radical (unpaired) electrons. The summed E-state index contributed by atoms with van der Waals surface area (Å²) in [5.74, 6) is 0. The van der Waals surface area contributed by atoms with Gasteiger partial charge in [-0.3, -0.25) is 4.98 Å². The molecule has 1 aliphatic carbocycles. The zero-order valence-electron chi connectivity index (χ0n) is 11.9. The minimum absolute atomic E-state index is 0.555. The van der Waals surface area contributed by atoms with Gasteiger partial charge in [0.15, 0.2) is 0 Å². The number of hydrogen-bond donors (Lipinski definition) is 1. The summed E-state index contributed by atoms with van der Waals surface area (Å²) in [6.07, 6.45) is 6.09. The molecule has 0 aliphatic heterocycles. The largest absolute Gasteiger partial charge is 0.309 e. The highest BCUT2D eigenvalue weighted by Gasteiger charge is 2.20. The molecule has 3 aromatic rings. The molecule has 1 N–H and O–H groups in total. The lowest BCUT2D eigenvalue weighted by molar-refractivity contribution is 0.534. The molecule has 2 heteroatoms. The molecule has 4 rings (SSSR count). The van der Waals surface area contributed by atoms with Crippen molar-refractivity contribution in [1.82, 2.24) is 10.3 Å². The van der Waals surface area contributed by atoms with Crippen molar-refractivity contribution in [3.05, 3.63) is 77.6 Å². The summed E-state index contributed by atoms with van der Waals surface area (Å²) in [5.41, 5.74) is 4.35. The van der Waals surface area contributed by atoms with E-state index in [1.165, 1.54) is 27.5 Å². The molecule has 0 amide bonds. The van der Waals surface area contributed by atoms with Crippen molar-refractivity contribution in [3.63, 3.8) is 0 Å². The molecule has 1 heterocycles. The molecule has 1 aromatic heterocycles. The quantitative estimate of drug-likeness (QED) is 0.791. The Morgan fingerprint density at radius 1 is 0.952 bits per heavy atom.